The average Bonchev–Trinajstić information content (AvgIpc) is 3.48. The summed E-state index contributed by atoms with van der Waals surface area (Å²) in [6, 6.07) is 16.2. The van der Waals surface area contributed by atoms with E-state index < -0.39 is 0 Å². The third-order valence-electron chi connectivity index (χ3n) is 6.54. The van der Waals surface area contributed by atoms with E-state index in [4.69, 9.17) is 18.9 Å². The van der Waals surface area contributed by atoms with Gasteiger partial charge in [0.05, 0.1) is 18.1 Å². The zero-order valence-electron chi connectivity index (χ0n) is 19.9. The number of carbonyl (C=O) groups is 1. The number of furan rings is 1. The van der Waals surface area contributed by atoms with Gasteiger partial charge in [-0.2, -0.15) is 0 Å². The van der Waals surface area contributed by atoms with Crippen LogP contribution in [0, 0.1) is 5.82 Å². The van der Waals surface area contributed by atoms with Crippen LogP contribution in [0.3, 0.4) is 0 Å². The van der Waals surface area contributed by atoms with Crippen LogP contribution in [0.1, 0.15) is 46.6 Å². The van der Waals surface area contributed by atoms with Crippen molar-refractivity contribution in [2.45, 2.75) is 31.9 Å². The Bertz CT molecular complexity index is 1340. The fourth-order valence-corrected chi connectivity index (χ4v) is 4.87. The minimum absolute atomic E-state index is 0.113. The van der Waals surface area contributed by atoms with E-state index in [2.05, 4.69) is 4.57 Å². The first-order valence-corrected chi connectivity index (χ1v) is 11.7. The maximum absolute atomic E-state index is 14.0. The van der Waals surface area contributed by atoms with Crippen molar-refractivity contribution < 1.29 is 23.1 Å². The fourth-order valence-electron chi connectivity index (χ4n) is 4.87. The van der Waals surface area contributed by atoms with Gasteiger partial charge in [-0.05, 0) is 43.2 Å². The number of methoxy groups -OCH3 is 2. The van der Waals surface area contributed by atoms with E-state index in [0.29, 0.717) is 43.2 Å². The molecule has 0 radical (unpaired) electrons. The third-order valence-corrected chi connectivity index (χ3v) is 6.54. The number of fused-ring (bicyclic) bond motifs is 1. The highest BCUT2D eigenvalue weighted by atomic mass is 19.1. The first-order chi connectivity index (χ1) is 17.1. The van der Waals surface area contributed by atoms with Crippen molar-refractivity contribution in [3.63, 3.8) is 0 Å². The molecule has 0 unspecified atom stereocenters. The van der Waals surface area contributed by atoms with E-state index >= 15 is 0 Å². The van der Waals surface area contributed by atoms with Crippen molar-refractivity contribution in [3.05, 3.63) is 83.3 Å². The number of benzene rings is 2. The molecule has 1 amide bonds. The third kappa shape index (κ3) is 4.66. The lowest BCUT2D eigenvalue weighted by atomic mass is 10.0. The minimum atomic E-state index is -0.308. The van der Waals surface area contributed by atoms with Crippen LogP contribution >= 0.6 is 0 Å². The van der Waals surface area contributed by atoms with Gasteiger partial charge in [-0.15, -0.1) is 0 Å². The van der Waals surface area contributed by atoms with Gasteiger partial charge >= 0.3 is 0 Å². The van der Waals surface area contributed by atoms with E-state index in [1.54, 1.807) is 32.4 Å². The maximum Gasteiger partial charge on any atom is 0.289 e. The molecule has 4 aromatic rings. The number of imidazole rings is 1. The van der Waals surface area contributed by atoms with E-state index in [9.17, 15) is 9.18 Å². The zero-order chi connectivity index (χ0) is 24.4. The number of halogens is 1. The lowest BCUT2D eigenvalue weighted by molar-refractivity contribution is 0.0656. The molecule has 3 heterocycles. The molecule has 0 saturated carbocycles. The summed E-state index contributed by atoms with van der Waals surface area (Å²) in [5.41, 5.74) is 2.55. The van der Waals surface area contributed by atoms with Gasteiger partial charge in [0.25, 0.3) is 5.91 Å². The zero-order valence-corrected chi connectivity index (χ0v) is 19.9. The molecule has 0 N–H and O–H groups in total. The summed E-state index contributed by atoms with van der Waals surface area (Å²) in [7, 11) is 3.24. The van der Waals surface area contributed by atoms with Crippen LogP contribution in [0.5, 0.6) is 5.75 Å². The van der Waals surface area contributed by atoms with Crippen LogP contribution in [0.4, 0.5) is 4.39 Å². The number of aromatic nitrogens is 2. The number of ether oxygens (including phenoxy) is 2. The number of hydrogen-bond acceptors (Lipinski definition) is 5. The Morgan fingerprint density at radius 3 is 2.69 bits per heavy atom. The largest absolute Gasteiger partial charge is 0.496 e. The topological polar surface area (TPSA) is 69.7 Å². The van der Waals surface area contributed by atoms with Gasteiger partial charge in [0.2, 0.25) is 0 Å². The predicted molar refractivity (Wildman–Crippen MR) is 129 cm³/mol. The molecule has 8 heteroatoms. The standard InChI is InChI=1S/C27H28FN3O4/c1-33-17-21-8-10-25(35-21)27(32)30-13-11-20(12-14-30)31-23-9-7-19(28)16-22(23)29-26(31)15-18-5-3-4-6-24(18)34-2/h3-10,16,20H,11-15,17H2,1-2H3. The Kier molecular flexibility index (Phi) is 6.55. The summed E-state index contributed by atoms with van der Waals surface area (Å²) in [6.07, 6.45) is 2.09. The molecule has 2 aromatic heterocycles. The van der Waals surface area contributed by atoms with Crippen molar-refractivity contribution in [2.24, 2.45) is 0 Å². The highest BCUT2D eigenvalue weighted by Crippen LogP contribution is 2.32. The molecule has 7 nitrogen and oxygen atoms in total. The van der Waals surface area contributed by atoms with Gasteiger partial charge < -0.3 is 23.4 Å². The molecular weight excluding hydrogens is 449 g/mol. The summed E-state index contributed by atoms with van der Waals surface area (Å²) >= 11 is 0. The number of para-hydroxylation sites is 1. The normalized spacial score (nSPS) is 14.5. The fraction of sp³-hybridized carbons (Fsp3) is 0.333. The Labute approximate surface area is 203 Å². The second kappa shape index (κ2) is 9.92. The summed E-state index contributed by atoms with van der Waals surface area (Å²) in [4.78, 5) is 19.6. The molecule has 1 aliphatic rings. The smallest absolute Gasteiger partial charge is 0.289 e. The van der Waals surface area contributed by atoms with E-state index in [1.807, 2.05) is 29.2 Å². The maximum atomic E-state index is 14.0. The van der Waals surface area contributed by atoms with Gasteiger partial charge in [0.15, 0.2) is 5.76 Å². The summed E-state index contributed by atoms with van der Waals surface area (Å²) in [6.45, 7) is 1.52. The SMILES string of the molecule is COCc1ccc(C(=O)N2CCC(n3c(Cc4ccccc4OC)nc4cc(F)ccc43)CC2)o1. The van der Waals surface area contributed by atoms with Crippen molar-refractivity contribution in [2.75, 3.05) is 27.3 Å². The highest BCUT2D eigenvalue weighted by Gasteiger charge is 2.29. The number of nitrogens with zero attached hydrogens (tertiary/aromatic N) is 3. The van der Waals surface area contributed by atoms with Crippen LogP contribution in [-0.2, 0) is 17.8 Å². The molecule has 1 aliphatic heterocycles. The van der Waals surface area contributed by atoms with Crippen molar-refractivity contribution in [1.29, 1.82) is 0 Å². The molecule has 0 atom stereocenters. The summed E-state index contributed by atoms with van der Waals surface area (Å²) in [5, 5.41) is 0. The molecule has 182 valence electrons. The summed E-state index contributed by atoms with van der Waals surface area (Å²) in [5.74, 6) is 2.19. The van der Waals surface area contributed by atoms with Crippen LogP contribution < -0.4 is 4.74 Å². The van der Waals surface area contributed by atoms with Crippen LogP contribution in [0.25, 0.3) is 11.0 Å². The summed E-state index contributed by atoms with van der Waals surface area (Å²) < 4.78 is 32.4. The number of carbonyl (C=O) groups excluding carboxylic acids is 1. The predicted octanol–water partition coefficient (Wildman–Crippen LogP) is 4.99. The minimum Gasteiger partial charge on any atom is -0.496 e. The van der Waals surface area contributed by atoms with E-state index in [1.165, 1.54) is 12.1 Å². The Hall–Kier alpha value is -3.65. The van der Waals surface area contributed by atoms with Gasteiger partial charge in [0, 0.05) is 44.3 Å². The van der Waals surface area contributed by atoms with Crippen LogP contribution in [0.2, 0.25) is 0 Å². The van der Waals surface area contributed by atoms with E-state index in [0.717, 1.165) is 35.5 Å². The van der Waals surface area contributed by atoms with Gasteiger partial charge in [-0.25, -0.2) is 9.37 Å². The molecule has 0 bridgehead atoms. The molecule has 2 aromatic carbocycles. The molecule has 1 fully saturated rings. The monoisotopic (exact) mass is 477 g/mol. The lowest BCUT2D eigenvalue weighted by Gasteiger charge is -2.33. The molecule has 5 rings (SSSR count). The van der Waals surface area contributed by atoms with Gasteiger partial charge in [-0.3, -0.25) is 4.79 Å². The Balaban J connectivity index is 1.39. The van der Waals surface area contributed by atoms with Gasteiger partial charge in [-0.1, -0.05) is 18.2 Å². The number of amides is 1. The molecule has 35 heavy (non-hydrogen) atoms. The number of rotatable bonds is 7. The number of likely N-dealkylation sites (tertiary alicyclic amines) is 1. The first-order valence-electron chi connectivity index (χ1n) is 11.7. The second-order valence-electron chi connectivity index (χ2n) is 8.74. The van der Waals surface area contributed by atoms with Gasteiger partial charge in [0.1, 0.15) is 29.8 Å². The molecule has 0 spiro atoms. The molecular formula is C27H28FN3O4. The Morgan fingerprint density at radius 2 is 1.91 bits per heavy atom. The molecule has 0 aliphatic carbocycles. The highest BCUT2D eigenvalue weighted by molar-refractivity contribution is 5.91. The molecule has 1 saturated heterocycles. The number of piperidine rings is 1. The number of hydrogen-bond donors (Lipinski definition) is 0. The van der Waals surface area contributed by atoms with Crippen LogP contribution in [-0.4, -0.2) is 47.7 Å². The van der Waals surface area contributed by atoms with Crippen LogP contribution in [0.15, 0.2) is 59.0 Å². The van der Waals surface area contributed by atoms with Crippen molar-refractivity contribution in [1.82, 2.24) is 14.5 Å². The van der Waals surface area contributed by atoms with Crippen molar-refractivity contribution >= 4 is 16.9 Å². The lowest BCUT2D eigenvalue weighted by Crippen LogP contribution is -2.39. The second-order valence-corrected chi connectivity index (χ2v) is 8.74. The average molecular weight is 478 g/mol. The first kappa shape index (κ1) is 23.1. The Morgan fingerprint density at radius 1 is 1.11 bits per heavy atom. The van der Waals surface area contributed by atoms with E-state index in [-0.39, 0.29) is 17.8 Å². The quantitative estimate of drug-likeness (QED) is 0.375. The van der Waals surface area contributed by atoms with Crippen molar-refractivity contribution in [3.8, 4) is 5.75 Å².